The number of likely N-dealkylation sites (N-methyl/N-ethyl adjacent to an activating group) is 1. The Labute approximate surface area is 231 Å². The van der Waals surface area contributed by atoms with Crippen molar-refractivity contribution in [3.8, 4) is 11.5 Å². The van der Waals surface area contributed by atoms with Crippen LogP contribution in [0.15, 0.2) is 59.0 Å². The fourth-order valence-corrected chi connectivity index (χ4v) is 4.39. The Morgan fingerprint density at radius 1 is 0.927 bits per heavy atom. The number of carbonyl (C=O) groups excluding carboxylic acids is 3. The van der Waals surface area contributed by atoms with Crippen LogP contribution in [0.4, 0.5) is 27.6 Å². The molecule has 3 amide bonds. The highest BCUT2D eigenvalue weighted by Crippen LogP contribution is 2.31. The van der Waals surface area contributed by atoms with Gasteiger partial charge in [0.15, 0.2) is 17.4 Å². The van der Waals surface area contributed by atoms with Crippen molar-refractivity contribution < 1.29 is 45.5 Å². The molecule has 0 unspecified atom stereocenters. The van der Waals surface area contributed by atoms with Crippen molar-refractivity contribution in [1.82, 2.24) is 9.80 Å². The Kier molecular flexibility index (Phi) is 8.94. The van der Waals surface area contributed by atoms with Gasteiger partial charge in [0.1, 0.15) is 24.6 Å². The standard InChI is InChI=1S/C28H26F5N3O5/c1-35(18-4-2-3-5-18)26(38)16-36(27(39)23-12-13-24(41-23)28(31,32)33)15-25(37)34-17-6-8-19(9-7-17)40-20-10-11-21(29)22(30)14-20/h6-14,18H,2-5,15-16H2,1H3,(H,34,37). The van der Waals surface area contributed by atoms with Crippen LogP contribution in [0.5, 0.6) is 11.5 Å². The fourth-order valence-electron chi connectivity index (χ4n) is 4.39. The Balaban J connectivity index is 1.44. The quantitative estimate of drug-likeness (QED) is 0.321. The average molecular weight is 580 g/mol. The molecule has 41 heavy (non-hydrogen) atoms. The number of halogens is 5. The summed E-state index contributed by atoms with van der Waals surface area (Å²) < 4.78 is 75.7. The number of furan rings is 1. The molecule has 2 aromatic carbocycles. The normalized spacial score (nSPS) is 13.6. The minimum atomic E-state index is -4.82. The number of hydrogen-bond donors (Lipinski definition) is 1. The monoisotopic (exact) mass is 579 g/mol. The van der Waals surface area contributed by atoms with Crippen LogP contribution < -0.4 is 10.1 Å². The number of alkyl halides is 3. The summed E-state index contributed by atoms with van der Waals surface area (Å²) in [4.78, 5) is 41.1. The molecule has 0 radical (unpaired) electrons. The summed E-state index contributed by atoms with van der Waals surface area (Å²) in [5.74, 6) is -6.11. The van der Waals surface area contributed by atoms with E-state index in [9.17, 15) is 36.3 Å². The molecule has 3 aromatic rings. The summed E-state index contributed by atoms with van der Waals surface area (Å²) in [6.07, 6.45) is -1.34. The zero-order chi connectivity index (χ0) is 29.7. The Morgan fingerprint density at radius 3 is 2.20 bits per heavy atom. The van der Waals surface area contributed by atoms with E-state index in [1.807, 2.05) is 0 Å². The van der Waals surface area contributed by atoms with Crippen LogP contribution in [0.2, 0.25) is 0 Å². The van der Waals surface area contributed by atoms with Crippen molar-refractivity contribution in [2.24, 2.45) is 0 Å². The maximum Gasteiger partial charge on any atom is 0.449 e. The lowest BCUT2D eigenvalue weighted by Gasteiger charge is -2.28. The number of nitrogens with one attached hydrogen (secondary N) is 1. The summed E-state index contributed by atoms with van der Waals surface area (Å²) >= 11 is 0. The highest BCUT2D eigenvalue weighted by atomic mass is 19.4. The predicted octanol–water partition coefficient (Wildman–Crippen LogP) is 5.85. The summed E-state index contributed by atoms with van der Waals surface area (Å²) in [5.41, 5.74) is 0.270. The van der Waals surface area contributed by atoms with Crippen molar-refractivity contribution in [3.05, 3.63) is 77.8 Å². The molecule has 0 aliphatic heterocycles. The van der Waals surface area contributed by atoms with E-state index < -0.39 is 60.1 Å². The van der Waals surface area contributed by atoms with Gasteiger partial charge in [-0.2, -0.15) is 13.2 Å². The molecule has 1 aliphatic rings. The molecule has 13 heteroatoms. The molecule has 1 saturated carbocycles. The van der Waals surface area contributed by atoms with E-state index in [2.05, 4.69) is 9.73 Å². The van der Waals surface area contributed by atoms with Crippen molar-refractivity contribution in [2.75, 3.05) is 25.5 Å². The summed E-state index contributed by atoms with van der Waals surface area (Å²) in [5, 5.41) is 2.54. The van der Waals surface area contributed by atoms with Gasteiger partial charge in [0.05, 0.1) is 0 Å². The largest absolute Gasteiger partial charge is 0.457 e. The van der Waals surface area contributed by atoms with E-state index in [0.29, 0.717) is 6.07 Å². The number of anilines is 1. The van der Waals surface area contributed by atoms with Crippen LogP contribution >= 0.6 is 0 Å². The number of amides is 3. The fraction of sp³-hybridized carbons (Fsp3) is 0.321. The van der Waals surface area contributed by atoms with Gasteiger partial charge in [-0.1, -0.05) is 12.8 Å². The molecule has 0 atom stereocenters. The van der Waals surface area contributed by atoms with Crippen LogP contribution in [0, 0.1) is 11.6 Å². The minimum absolute atomic E-state index is 0.0270. The van der Waals surface area contributed by atoms with Crippen LogP contribution in [-0.2, 0) is 15.8 Å². The average Bonchev–Trinajstić information content (AvgIpc) is 3.64. The highest BCUT2D eigenvalue weighted by Gasteiger charge is 2.36. The lowest BCUT2D eigenvalue weighted by molar-refractivity contribution is -0.153. The highest BCUT2D eigenvalue weighted by molar-refractivity contribution is 5.99. The number of benzene rings is 2. The third-order valence-electron chi connectivity index (χ3n) is 6.57. The molecule has 1 aromatic heterocycles. The Morgan fingerprint density at radius 2 is 1.59 bits per heavy atom. The van der Waals surface area contributed by atoms with Gasteiger partial charge in [-0.15, -0.1) is 0 Å². The van der Waals surface area contributed by atoms with E-state index in [0.717, 1.165) is 48.8 Å². The number of rotatable bonds is 9. The summed E-state index contributed by atoms with van der Waals surface area (Å²) in [6.45, 7) is -1.21. The van der Waals surface area contributed by atoms with Crippen LogP contribution in [-0.4, -0.2) is 53.7 Å². The smallest absolute Gasteiger partial charge is 0.449 e. The van der Waals surface area contributed by atoms with E-state index in [1.165, 1.54) is 35.2 Å². The second-order valence-electron chi connectivity index (χ2n) is 9.52. The molecule has 1 fully saturated rings. The lowest BCUT2D eigenvalue weighted by Crippen LogP contribution is -2.46. The Bertz CT molecular complexity index is 1400. The molecule has 1 aliphatic carbocycles. The van der Waals surface area contributed by atoms with E-state index in [4.69, 9.17) is 4.74 Å². The maximum absolute atomic E-state index is 13.4. The first-order valence-corrected chi connectivity index (χ1v) is 12.7. The van der Waals surface area contributed by atoms with Crippen molar-refractivity contribution in [2.45, 2.75) is 37.9 Å². The van der Waals surface area contributed by atoms with Gasteiger partial charge in [0.25, 0.3) is 5.91 Å². The topological polar surface area (TPSA) is 92.1 Å². The first-order valence-electron chi connectivity index (χ1n) is 12.7. The molecule has 218 valence electrons. The van der Waals surface area contributed by atoms with Crippen molar-refractivity contribution in [1.29, 1.82) is 0 Å². The van der Waals surface area contributed by atoms with Gasteiger partial charge in [-0.25, -0.2) is 8.78 Å². The second-order valence-corrected chi connectivity index (χ2v) is 9.52. The van der Waals surface area contributed by atoms with Crippen molar-refractivity contribution in [3.63, 3.8) is 0 Å². The second kappa shape index (κ2) is 12.4. The molecular formula is C28H26F5N3O5. The van der Waals surface area contributed by atoms with E-state index in [-0.39, 0.29) is 23.2 Å². The van der Waals surface area contributed by atoms with E-state index >= 15 is 0 Å². The first-order chi connectivity index (χ1) is 19.4. The summed E-state index contributed by atoms with van der Waals surface area (Å²) in [6, 6.07) is 10.2. The molecule has 0 spiro atoms. The molecular weight excluding hydrogens is 553 g/mol. The zero-order valence-corrected chi connectivity index (χ0v) is 21.8. The number of hydrogen-bond acceptors (Lipinski definition) is 5. The number of ether oxygens (including phenoxy) is 1. The van der Waals surface area contributed by atoms with Gasteiger partial charge in [0.2, 0.25) is 17.6 Å². The molecule has 8 nitrogen and oxygen atoms in total. The van der Waals surface area contributed by atoms with Gasteiger partial charge < -0.3 is 24.3 Å². The molecule has 0 saturated heterocycles. The lowest BCUT2D eigenvalue weighted by atomic mass is 10.2. The number of carbonyl (C=O) groups is 3. The minimum Gasteiger partial charge on any atom is -0.457 e. The van der Waals surface area contributed by atoms with Crippen LogP contribution in [0.25, 0.3) is 0 Å². The molecule has 1 heterocycles. The SMILES string of the molecule is CN(C(=O)CN(CC(=O)Nc1ccc(Oc2ccc(F)c(F)c2)cc1)C(=O)c1ccc(C(F)(F)F)o1)C1CCCC1. The zero-order valence-electron chi connectivity index (χ0n) is 21.8. The summed E-state index contributed by atoms with van der Waals surface area (Å²) in [7, 11) is 1.58. The van der Waals surface area contributed by atoms with Gasteiger partial charge in [-0.3, -0.25) is 14.4 Å². The first kappa shape index (κ1) is 29.6. The third-order valence-corrected chi connectivity index (χ3v) is 6.57. The van der Waals surface area contributed by atoms with E-state index in [1.54, 1.807) is 7.05 Å². The maximum atomic E-state index is 13.4. The van der Waals surface area contributed by atoms with Gasteiger partial charge in [0, 0.05) is 24.8 Å². The van der Waals surface area contributed by atoms with Gasteiger partial charge in [-0.05, 0) is 61.4 Å². The number of nitrogens with zero attached hydrogens (tertiary/aromatic N) is 2. The molecule has 0 bridgehead atoms. The molecule has 1 N–H and O–H groups in total. The molecule has 4 rings (SSSR count). The predicted molar refractivity (Wildman–Crippen MR) is 136 cm³/mol. The van der Waals surface area contributed by atoms with Crippen molar-refractivity contribution >= 4 is 23.4 Å². The van der Waals surface area contributed by atoms with Crippen LogP contribution in [0.1, 0.15) is 42.0 Å². The Hall–Kier alpha value is -4.42. The van der Waals surface area contributed by atoms with Crippen LogP contribution in [0.3, 0.4) is 0 Å². The van der Waals surface area contributed by atoms with Gasteiger partial charge >= 0.3 is 6.18 Å². The third kappa shape index (κ3) is 7.62.